The zero-order valence-corrected chi connectivity index (χ0v) is 15.2. The minimum atomic E-state index is -0.0691. The summed E-state index contributed by atoms with van der Waals surface area (Å²) in [6.07, 6.45) is 1.18. The van der Waals surface area contributed by atoms with E-state index in [4.69, 9.17) is 9.47 Å². The van der Waals surface area contributed by atoms with Crippen molar-refractivity contribution in [1.82, 2.24) is 0 Å². The van der Waals surface area contributed by atoms with Crippen molar-refractivity contribution in [1.29, 1.82) is 0 Å². The lowest BCUT2D eigenvalue weighted by Gasteiger charge is -2.11. The SMILES string of the molecule is COc1ccccc1OCCC(=O)Nc1ccc2c(c1)Cc1ccccc1-2. The van der Waals surface area contributed by atoms with Gasteiger partial charge in [-0.2, -0.15) is 0 Å². The van der Waals surface area contributed by atoms with Crippen molar-refractivity contribution in [2.45, 2.75) is 12.8 Å². The molecule has 136 valence electrons. The highest BCUT2D eigenvalue weighted by molar-refractivity contribution is 5.92. The number of fused-ring (bicyclic) bond motifs is 3. The van der Waals surface area contributed by atoms with Gasteiger partial charge in [0.2, 0.25) is 5.91 Å². The predicted molar refractivity (Wildman–Crippen MR) is 106 cm³/mol. The van der Waals surface area contributed by atoms with Crippen molar-refractivity contribution in [3.63, 3.8) is 0 Å². The number of carbonyl (C=O) groups excluding carboxylic acids is 1. The van der Waals surface area contributed by atoms with E-state index in [1.807, 2.05) is 30.3 Å². The Bertz CT molecular complexity index is 981. The number of anilines is 1. The van der Waals surface area contributed by atoms with Crippen LogP contribution < -0.4 is 14.8 Å². The summed E-state index contributed by atoms with van der Waals surface area (Å²) in [5.41, 5.74) is 5.95. The van der Waals surface area contributed by atoms with E-state index in [1.165, 1.54) is 22.3 Å². The van der Waals surface area contributed by atoms with E-state index in [2.05, 4.69) is 41.7 Å². The molecular formula is C23H21NO3. The summed E-state index contributed by atoms with van der Waals surface area (Å²) in [6, 6.07) is 22.0. The molecular weight excluding hydrogens is 338 g/mol. The molecule has 0 unspecified atom stereocenters. The van der Waals surface area contributed by atoms with Crippen LogP contribution in [-0.2, 0) is 11.2 Å². The molecule has 0 saturated heterocycles. The van der Waals surface area contributed by atoms with E-state index in [0.29, 0.717) is 18.1 Å². The van der Waals surface area contributed by atoms with Crippen LogP contribution in [0.5, 0.6) is 11.5 Å². The molecule has 1 aliphatic carbocycles. The number of ether oxygens (including phenoxy) is 2. The Morgan fingerprint density at radius 1 is 0.926 bits per heavy atom. The maximum absolute atomic E-state index is 12.3. The van der Waals surface area contributed by atoms with Gasteiger partial charge >= 0.3 is 0 Å². The molecule has 0 aliphatic heterocycles. The van der Waals surface area contributed by atoms with E-state index in [9.17, 15) is 4.79 Å². The minimum Gasteiger partial charge on any atom is -0.493 e. The van der Waals surface area contributed by atoms with Crippen molar-refractivity contribution in [3.8, 4) is 22.6 Å². The lowest BCUT2D eigenvalue weighted by Crippen LogP contribution is -2.15. The number of amides is 1. The van der Waals surface area contributed by atoms with E-state index in [0.717, 1.165) is 12.1 Å². The van der Waals surface area contributed by atoms with Crippen LogP contribution in [0, 0.1) is 0 Å². The second kappa shape index (κ2) is 7.54. The normalized spacial score (nSPS) is 11.4. The predicted octanol–water partition coefficient (Wildman–Crippen LogP) is 4.67. The average Bonchev–Trinajstić information content (AvgIpc) is 3.06. The molecule has 0 spiro atoms. The Morgan fingerprint density at radius 2 is 1.67 bits per heavy atom. The Kier molecular flexibility index (Phi) is 4.79. The van der Waals surface area contributed by atoms with Crippen LogP contribution >= 0.6 is 0 Å². The third-order valence-electron chi connectivity index (χ3n) is 4.73. The second-order valence-corrected chi connectivity index (χ2v) is 6.50. The van der Waals surface area contributed by atoms with Crippen LogP contribution in [0.25, 0.3) is 11.1 Å². The smallest absolute Gasteiger partial charge is 0.227 e. The molecule has 0 fully saturated rings. The van der Waals surface area contributed by atoms with Crippen LogP contribution in [0.3, 0.4) is 0 Å². The molecule has 0 radical (unpaired) electrons. The molecule has 0 saturated carbocycles. The van der Waals surface area contributed by atoms with Crippen molar-refractivity contribution in [2.75, 3.05) is 19.0 Å². The zero-order valence-electron chi connectivity index (χ0n) is 15.2. The monoisotopic (exact) mass is 359 g/mol. The van der Waals surface area contributed by atoms with Gasteiger partial charge in [-0.05, 0) is 52.9 Å². The average molecular weight is 359 g/mol. The molecule has 1 amide bonds. The van der Waals surface area contributed by atoms with E-state index >= 15 is 0 Å². The van der Waals surface area contributed by atoms with Gasteiger partial charge in [-0.15, -0.1) is 0 Å². The summed E-state index contributed by atoms with van der Waals surface area (Å²) in [4.78, 5) is 12.3. The summed E-state index contributed by atoms with van der Waals surface area (Å²) in [5.74, 6) is 1.24. The quantitative estimate of drug-likeness (QED) is 0.544. The second-order valence-electron chi connectivity index (χ2n) is 6.50. The molecule has 4 rings (SSSR count). The molecule has 0 atom stereocenters. The van der Waals surface area contributed by atoms with Crippen LogP contribution in [0.15, 0.2) is 66.7 Å². The first-order chi connectivity index (χ1) is 13.2. The Hall–Kier alpha value is -3.27. The fraction of sp³-hybridized carbons (Fsp3) is 0.174. The standard InChI is InChI=1S/C23H21NO3/c1-26-21-8-4-5-9-22(21)27-13-12-23(25)24-18-10-11-20-17(15-18)14-16-6-2-3-7-19(16)20/h2-11,15H,12-14H2,1H3,(H,24,25). The maximum Gasteiger partial charge on any atom is 0.227 e. The first kappa shape index (κ1) is 17.2. The van der Waals surface area contributed by atoms with Crippen LogP contribution in [-0.4, -0.2) is 19.6 Å². The number of hydrogen-bond donors (Lipinski definition) is 1. The summed E-state index contributed by atoms with van der Waals surface area (Å²) in [7, 11) is 1.60. The lowest BCUT2D eigenvalue weighted by atomic mass is 10.1. The topological polar surface area (TPSA) is 47.6 Å². The van der Waals surface area contributed by atoms with Crippen LogP contribution in [0.4, 0.5) is 5.69 Å². The molecule has 3 aromatic carbocycles. The molecule has 0 aromatic heterocycles. The van der Waals surface area contributed by atoms with Crippen molar-refractivity contribution < 1.29 is 14.3 Å². The van der Waals surface area contributed by atoms with Gasteiger partial charge in [-0.1, -0.05) is 42.5 Å². The molecule has 4 nitrogen and oxygen atoms in total. The fourth-order valence-corrected chi connectivity index (χ4v) is 3.44. The number of para-hydroxylation sites is 2. The van der Waals surface area contributed by atoms with E-state index in [1.54, 1.807) is 7.11 Å². The molecule has 3 aromatic rings. The fourth-order valence-electron chi connectivity index (χ4n) is 3.44. The van der Waals surface area contributed by atoms with Crippen molar-refractivity contribution >= 4 is 11.6 Å². The summed E-state index contributed by atoms with van der Waals surface area (Å²) in [6.45, 7) is 0.294. The first-order valence-electron chi connectivity index (χ1n) is 9.01. The van der Waals surface area contributed by atoms with Crippen LogP contribution in [0.1, 0.15) is 17.5 Å². The van der Waals surface area contributed by atoms with Gasteiger partial charge in [-0.3, -0.25) is 4.79 Å². The number of carbonyl (C=O) groups is 1. The summed E-state index contributed by atoms with van der Waals surface area (Å²) in [5, 5.41) is 2.96. The number of benzene rings is 3. The van der Waals surface area contributed by atoms with Gasteiger partial charge in [-0.25, -0.2) is 0 Å². The molecule has 27 heavy (non-hydrogen) atoms. The first-order valence-corrected chi connectivity index (χ1v) is 9.01. The van der Waals surface area contributed by atoms with Crippen molar-refractivity contribution in [3.05, 3.63) is 77.9 Å². The molecule has 1 aliphatic rings. The molecule has 0 bridgehead atoms. The van der Waals surface area contributed by atoms with Gasteiger partial charge in [0.15, 0.2) is 11.5 Å². The van der Waals surface area contributed by atoms with Gasteiger partial charge in [0, 0.05) is 5.69 Å². The van der Waals surface area contributed by atoms with Gasteiger partial charge in [0.25, 0.3) is 0 Å². The third kappa shape index (κ3) is 3.65. The highest BCUT2D eigenvalue weighted by atomic mass is 16.5. The van der Waals surface area contributed by atoms with Gasteiger partial charge < -0.3 is 14.8 Å². The summed E-state index contributed by atoms with van der Waals surface area (Å²) < 4.78 is 10.9. The lowest BCUT2D eigenvalue weighted by molar-refractivity contribution is -0.116. The van der Waals surface area contributed by atoms with Crippen molar-refractivity contribution in [2.24, 2.45) is 0 Å². The number of hydrogen-bond acceptors (Lipinski definition) is 3. The van der Waals surface area contributed by atoms with Crippen LogP contribution in [0.2, 0.25) is 0 Å². The Balaban J connectivity index is 1.35. The Labute approximate surface area is 158 Å². The summed E-state index contributed by atoms with van der Waals surface area (Å²) >= 11 is 0. The molecule has 4 heteroatoms. The molecule has 1 N–H and O–H groups in total. The number of methoxy groups -OCH3 is 1. The third-order valence-corrected chi connectivity index (χ3v) is 4.73. The maximum atomic E-state index is 12.3. The highest BCUT2D eigenvalue weighted by Gasteiger charge is 2.18. The molecule has 0 heterocycles. The number of nitrogens with one attached hydrogen (secondary N) is 1. The zero-order chi connectivity index (χ0) is 18.6. The van der Waals surface area contributed by atoms with Gasteiger partial charge in [0.1, 0.15) is 0 Å². The van der Waals surface area contributed by atoms with E-state index in [-0.39, 0.29) is 12.3 Å². The minimum absolute atomic E-state index is 0.0691. The number of rotatable bonds is 6. The largest absolute Gasteiger partial charge is 0.493 e. The highest BCUT2D eigenvalue weighted by Crippen LogP contribution is 2.37. The Morgan fingerprint density at radius 3 is 2.52 bits per heavy atom. The van der Waals surface area contributed by atoms with Gasteiger partial charge in [0.05, 0.1) is 20.1 Å². The van der Waals surface area contributed by atoms with E-state index < -0.39 is 0 Å².